The summed E-state index contributed by atoms with van der Waals surface area (Å²) in [6.45, 7) is 9.55. The molecule has 0 aromatic rings. The lowest BCUT2D eigenvalue weighted by Gasteiger charge is -2.09. The number of aliphatic hydroxyl groups excluding tert-OH is 1. The number of carbonyl (C=O) groups is 1. The lowest BCUT2D eigenvalue weighted by Crippen LogP contribution is -2.06. The average Bonchev–Trinajstić information content (AvgIpc) is 2.35. The van der Waals surface area contributed by atoms with Crippen molar-refractivity contribution in [2.45, 2.75) is 52.6 Å². The Bertz CT molecular complexity index is 364. The van der Waals surface area contributed by atoms with Gasteiger partial charge in [-0.2, -0.15) is 0 Å². The summed E-state index contributed by atoms with van der Waals surface area (Å²) in [6, 6.07) is 0. The highest BCUT2D eigenvalue weighted by molar-refractivity contribution is 5.82. The molecule has 0 fully saturated rings. The van der Waals surface area contributed by atoms with Gasteiger partial charge in [0.05, 0.1) is 13.2 Å². The molecule has 3 heteroatoms. The smallest absolute Gasteiger partial charge is 0.330 e. The maximum atomic E-state index is 11.0. The zero-order valence-corrected chi connectivity index (χ0v) is 12.5. The van der Waals surface area contributed by atoms with Crippen molar-refractivity contribution in [3.8, 4) is 0 Å². The summed E-state index contributed by atoms with van der Waals surface area (Å²) in [5.74, 6) is -0.303. The molecule has 19 heavy (non-hydrogen) atoms. The minimum Gasteiger partial charge on any atom is -0.466 e. The molecule has 0 radical (unpaired) electrons. The van der Waals surface area contributed by atoms with Gasteiger partial charge in [-0.3, -0.25) is 0 Å². The number of hydrogen-bond donors (Lipinski definition) is 1. The van der Waals surface area contributed by atoms with Gasteiger partial charge in [-0.15, -0.1) is 0 Å². The summed E-state index contributed by atoms with van der Waals surface area (Å²) in [6.07, 6.45) is 6.59. The largest absolute Gasteiger partial charge is 0.466 e. The van der Waals surface area contributed by atoms with Gasteiger partial charge in [-0.25, -0.2) is 4.79 Å². The van der Waals surface area contributed by atoms with Gasteiger partial charge in [0.1, 0.15) is 0 Å². The normalized spacial score (nSPS) is 14.2. The van der Waals surface area contributed by atoms with Crippen LogP contribution < -0.4 is 0 Å². The Balaban J connectivity index is 4.03. The molecule has 108 valence electrons. The van der Waals surface area contributed by atoms with Crippen LogP contribution in [0, 0.1) is 0 Å². The van der Waals surface area contributed by atoms with Gasteiger partial charge in [-0.1, -0.05) is 29.4 Å². The molecular formula is C16H26O3. The molecule has 0 aliphatic heterocycles. The lowest BCUT2D eigenvalue weighted by atomic mass is 10.0. The van der Waals surface area contributed by atoms with Crippen LogP contribution in [0.3, 0.4) is 0 Å². The van der Waals surface area contributed by atoms with Crippen LogP contribution in [0.15, 0.2) is 35.5 Å². The van der Waals surface area contributed by atoms with E-state index < -0.39 is 6.10 Å². The number of ether oxygens (including phenoxy) is 1. The average molecular weight is 266 g/mol. The molecule has 1 N–H and O–H groups in total. The predicted molar refractivity (Wildman–Crippen MR) is 78.8 cm³/mol. The molecule has 0 rings (SSSR count). The van der Waals surface area contributed by atoms with E-state index in [4.69, 9.17) is 0 Å². The van der Waals surface area contributed by atoms with Crippen molar-refractivity contribution in [3.63, 3.8) is 0 Å². The maximum absolute atomic E-state index is 11.0. The minimum absolute atomic E-state index is 0.303. The molecule has 1 atom stereocenters. The second-order valence-electron chi connectivity index (χ2n) is 5.00. The highest BCUT2D eigenvalue weighted by atomic mass is 16.5. The van der Waals surface area contributed by atoms with Gasteiger partial charge in [-0.05, 0) is 46.5 Å². The molecule has 0 aromatic carbocycles. The fourth-order valence-corrected chi connectivity index (χ4v) is 1.59. The molecule has 0 aromatic heterocycles. The zero-order valence-electron chi connectivity index (χ0n) is 12.5. The van der Waals surface area contributed by atoms with E-state index in [-0.39, 0.29) is 5.97 Å². The summed E-state index contributed by atoms with van der Waals surface area (Å²) >= 11 is 0. The fraction of sp³-hybridized carbons (Fsp3) is 0.562. The number of carbonyl (C=O) groups excluding carboxylic acids is 1. The Morgan fingerprint density at radius 2 is 1.89 bits per heavy atom. The van der Waals surface area contributed by atoms with Crippen LogP contribution in [0.25, 0.3) is 0 Å². The van der Waals surface area contributed by atoms with Crippen molar-refractivity contribution in [2.24, 2.45) is 0 Å². The van der Waals surface area contributed by atoms with E-state index in [1.165, 1.54) is 18.8 Å². The van der Waals surface area contributed by atoms with Crippen molar-refractivity contribution in [3.05, 3.63) is 35.5 Å². The van der Waals surface area contributed by atoms with Gasteiger partial charge < -0.3 is 9.84 Å². The van der Waals surface area contributed by atoms with Gasteiger partial charge in [0, 0.05) is 6.08 Å². The van der Waals surface area contributed by atoms with E-state index in [1.54, 1.807) is 0 Å². The number of aliphatic hydroxyl groups is 1. The number of esters is 1. The van der Waals surface area contributed by atoms with Crippen LogP contribution in [-0.4, -0.2) is 24.3 Å². The molecule has 0 saturated carbocycles. The predicted octanol–water partition coefficient (Wildman–Crippen LogP) is 3.55. The van der Waals surface area contributed by atoms with E-state index in [0.717, 1.165) is 30.4 Å². The topological polar surface area (TPSA) is 46.5 Å². The fourth-order valence-electron chi connectivity index (χ4n) is 1.59. The van der Waals surface area contributed by atoms with Crippen molar-refractivity contribution in [2.75, 3.05) is 7.11 Å². The van der Waals surface area contributed by atoms with Gasteiger partial charge in [0.2, 0.25) is 0 Å². The van der Waals surface area contributed by atoms with E-state index in [9.17, 15) is 9.90 Å². The van der Waals surface area contributed by atoms with E-state index in [1.807, 2.05) is 13.8 Å². The summed E-state index contributed by atoms with van der Waals surface area (Å²) in [4.78, 5) is 11.0. The Morgan fingerprint density at radius 3 is 2.42 bits per heavy atom. The molecule has 0 spiro atoms. The molecule has 0 aliphatic carbocycles. The molecule has 0 aliphatic rings. The summed E-state index contributed by atoms with van der Waals surface area (Å²) in [7, 11) is 1.38. The Kier molecular flexibility index (Phi) is 8.88. The first-order valence-corrected chi connectivity index (χ1v) is 6.61. The van der Waals surface area contributed by atoms with Crippen LogP contribution in [0.5, 0.6) is 0 Å². The minimum atomic E-state index is -0.413. The maximum Gasteiger partial charge on any atom is 0.330 e. The highest BCUT2D eigenvalue weighted by Gasteiger charge is 2.04. The molecule has 3 nitrogen and oxygen atoms in total. The third-order valence-corrected chi connectivity index (χ3v) is 2.98. The Hall–Kier alpha value is -1.35. The monoisotopic (exact) mass is 266 g/mol. The highest BCUT2D eigenvalue weighted by Crippen LogP contribution is 2.13. The van der Waals surface area contributed by atoms with Gasteiger partial charge >= 0.3 is 5.97 Å². The number of rotatable bonds is 8. The quantitative estimate of drug-likeness (QED) is 0.415. The van der Waals surface area contributed by atoms with Crippen molar-refractivity contribution >= 4 is 5.97 Å². The second-order valence-corrected chi connectivity index (χ2v) is 5.00. The van der Waals surface area contributed by atoms with Crippen molar-refractivity contribution in [1.82, 2.24) is 0 Å². The summed E-state index contributed by atoms with van der Waals surface area (Å²) < 4.78 is 4.57. The van der Waals surface area contributed by atoms with E-state index in [0.29, 0.717) is 6.42 Å². The first-order chi connectivity index (χ1) is 8.86. The van der Waals surface area contributed by atoms with Crippen LogP contribution >= 0.6 is 0 Å². The lowest BCUT2D eigenvalue weighted by molar-refractivity contribution is -0.134. The van der Waals surface area contributed by atoms with Gasteiger partial charge in [0.25, 0.3) is 0 Å². The summed E-state index contributed by atoms with van der Waals surface area (Å²) in [5, 5.41) is 9.63. The van der Waals surface area contributed by atoms with Gasteiger partial charge in [0.15, 0.2) is 0 Å². The number of allylic oxidation sites excluding steroid dienone is 3. The van der Waals surface area contributed by atoms with Crippen molar-refractivity contribution in [1.29, 1.82) is 0 Å². The van der Waals surface area contributed by atoms with Crippen LogP contribution in [0.1, 0.15) is 46.5 Å². The number of methoxy groups -OCH3 is 1. The summed E-state index contributed by atoms with van der Waals surface area (Å²) in [5.41, 5.74) is 3.08. The van der Waals surface area contributed by atoms with E-state index in [2.05, 4.69) is 24.3 Å². The third-order valence-electron chi connectivity index (χ3n) is 2.98. The first kappa shape index (κ1) is 17.6. The molecule has 0 saturated heterocycles. The van der Waals surface area contributed by atoms with Crippen molar-refractivity contribution < 1.29 is 14.6 Å². The third kappa shape index (κ3) is 9.25. The van der Waals surface area contributed by atoms with E-state index >= 15 is 0 Å². The van der Waals surface area contributed by atoms with Crippen LogP contribution in [0.2, 0.25) is 0 Å². The standard InChI is InChI=1S/C16H26O3/c1-12(2)15(17)10-9-13(3)7-6-8-14(4)11-16(18)19-5/h7,11,15,17H,1,6,8-10H2,2-5H3. The first-order valence-electron chi connectivity index (χ1n) is 6.61. The Labute approximate surface area is 116 Å². The molecule has 0 heterocycles. The molecule has 0 amide bonds. The molecule has 0 bridgehead atoms. The van der Waals surface area contributed by atoms with Crippen LogP contribution in [0.4, 0.5) is 0 Å². The molecular weight excluding hydrogens is 240 g/mol. The molecule has 1 unspecified atom stereocenters. The SMILES string of the molecule is C=C(C)C(O)CCC(C)=CCCC(C)=CC(=O)OC. The van der Waals surface area contributed by atoms with Crippen LogP contribution in [-0.2, 0) is 9.53 Å². The number of hydrogen-bond acceptors (Lipinski definition) is 3. The Morgan fingerprint density at radius 1 is 1.26 bits per heavy atom. The second kappa shape index (κ2) is 9.56. The zero-order chi connectivity index (χ0) is 14.8.